The third-order valence-corrected chi connectivity index (χ3v) is 4.87. The Bertz CT molecular complexity index is 1170. The second-order valence-electron chi connectivity index (χ2n) is 5.53. The summed E-state index contributed by atoms with van der Waals surface area (Å²) in [5.74, 6) is 0. The zero-order valence-corrected chi connectivity index (χ0v) is 13.4. The van der Waals surface area contributed by atoms with Gasteiger partial charge < -0.3 is 0 Å². The Morgan fingerprint density at radius 1 is 0.750 bits per heavy atom. The molecule has 1 heterocycles. The average Bonchev–Trinajstić information content (AvgIpc) is 2.60. The van der Waals surface area contributed by atoms with Crippen LogP contribution in [0.4, 0.5) is 0 Å². The molecule has 0 spiro atoms. The maximum Gasteiger partial charge on any atom is 0.294 e. The molecule has 0 radical (unpaired) electrons. The predicted molar refractivity (Wildman–Crippen MR) is 94.5 cm³/mol. The van der Waals surface area contributed by atoms with Crippen LogP contribution in [0.1, 0.15) is 0 Å². The molecule has 0 atom stereocenters. The lowest BCUT2D eigenvalue weighted by Gasteiger charge is -2.11. The monoisotopic (exact) mass is 335 g/mol. The van der Waals surface area contributed by atoms with Crippen molar-refractivity contribution in [2.75, 3.05) is 0 Å². The first-order valence-corrected chi connectivity index (χ1v) is 8.83. The Morgan fingerprint density at radius 3 is 2.21 bits per heavy atom. The number of pyridine rings is 1. The zero-order chi connectivity index (χ0) is 16.7. The predicted octanol–water partition coefficient (Wildman–Crippen LogP) is 4.30. The van der Waals surface area contributed by atoms with Gasteiger partial charge in [-0.2, -0.15) is 8.42 Å². The Kier molecular flexibility index (Phi) is 3.33. The molecule has 1 aromatic heterocycles. The lowest BCUT2D eigenvalue weighted by Crippen LogP contribution is -1.98. The summed E-state index contributed by atoms with van der Waals surface area (Å²) in [7, 11) is -4.27. The Morgan fingerprint density at radius 2 is 1.46 bits per heavy atom. The SMILES string of the molecule is O=S(=O)(O)c1ccc2c(c1)c(-c1ccccc1)nc1ccccc12. The van der Waals surface area contributed by atoms with Crippen LogP contribution in [-0.4, -0.2) is 18.0 Å². The standard InChI is InChI=1S/C19H13NO3S/c21-24(22,23)14-10-11-15-16-8-4-5-9-18(16)20-19(17(15)12-14)13-6-2-1-3-7-13/h1-12H,(H,21,22,23). The minimum absolute atomic E-state index is 0.135. The lowest BCUT2D eigenvalue weighted by atomic mass is 10.00. The molecule has 4 aromatic rings. The highest BCUT2D eigenvalue weighted by Crippen LogP contribution is 2.33. The van der Waals surface area contributed by atoms with Crippen molar-refractivity contribution in [2.24, 2.45) is 0 Å². The van der Waals surface area contributed by atoms with Crippen molar-refractivity contribution in [3.8, 4) is 11.3 Å². The van der Waals surface area contributed by atoms with Gasteiger partial charge in [-0.1, -0.05) is 54.6 Å². The van der Waals surface area contributed by atoms with Crippen molar-refractivity contribution in [3.05, 3.63) is 72.8 Å². The summed E-state index contributed by atoms with van der Waals surface area (Å²) in [6, 6.07) is 21.9. The molecule has 5 heteroatoms. The molecule has 0 aliphatic heterocycles. The van der Waals surface area contributed by atoms with Gasteiger partial charge >= 0.3 is 0 Å². The minimum atomic E-state index is -4.27. The van der Waals surface area contributed by atoms with Gasteiger partial charge in [0.05, 0.1) is 16.1 Å². The van der Waals surface area contributed by atoms with E-state index < -0.39 is 10.1 Å². The highest BCUT2D eigenvalue weighted by molar-refractivity contribution is 7.85. The van der Waals surface area contributed by atoms with E-state index in [4.69, 9.17) is 4.98 Å². The van der Waals surface area contributed by atoms with Gasteiger partial charge in [0.15, 0.2) is 0 Å². The van der Waals surface area contributed by atoms with Crippen molar-refractivity contribution < 1.29 is 13.0 Å². The molecule has 4 rings (SSSR count). The van der Waals surface area contributed by atoms with E-state index in [2.05, 4.69) is 0 Å². The van der Waals surface area contributed by atoms with Crippen LogP contribution in [0.5, 0.6) is 0 Å². The second kappa shape index (κ2) is 5.40. The van der Waals surface area contributed by atoms with Crippen molar-refractivity contribution in [1.82, 2.24) is 4.98 Å². The number of nitrogens with zero attached hydrogens (tertiary/aromatic N) is 1. The molecule has 0 saturated heterocycles. The van der Waals surface area contributed by atoms with Crippen LogP contribution in [0.25, 0.3) is 32.9 Å². The number of rotatable bonds is 2. The van der Waals surface area contributed by atoms with Gasteiger partial charge in [0.25, 0.3) is 10.1 Å². The van der Waals surface area contributed by atoms with Crippen LogP contribution in [0.2, 0.25) is 0 Å². The smallest absolute Gasteiger partial charge is 0.282 e. The topological polar surface area (TPSA) is 67.3 Å². The number of fused-ring (bicyclic) bond motifs is 3. The fraction of sp³-hybridized carbons (Fsp3) is 0. The Balaban J connectivity index is 2.18. The molecule has 118 valence electrons. The first-order valence-electron chi connectivity index (χ1n) is 7.39. The van der Waals surface area contributed by atoms with Gasteiger partial charge in [0.2, 0.25) is 0 Å². The summed E-state index contributed by atoms with van der Waals surface area (Å²) in [6.07, 6.45) is 0. The summed E-state index contributed by atoms with van der Waals surface area (Å²) in [5, 5.41) is 2.52. The molecule has 0 bridgehead atoms. The molecular weight excluding hydrogens is 322 g/mol. The maximum absolute atomic E-state index is 11.5. The molecule has 0 saturated carbocycles. The summed E-state index contributed by atoms with van der Waals surface area (Å²) in [5.41, 5.74) is 2.42. The third kappa shape index (κ3) is 2.44. The second-order valence-corrected chi connectivity index (χ2v) is 6.95. The largest absolute Gasteiger partial charge is 0.294 e. The number of hydrogen-bond acceptors (Lipinski definition) is 3. The van der Waals surface area contributed by atoms with Crippen LogP contribution in [0.3, 0.4) is 0 Å². The molecule has 0 fully saturated rings. The molecule has 0 unspecified atom stereocenters. The molecule has 3 aromatic carbocycles. The van der Waals surface area contributed by atoms with Crippen molar-refractivity contribution in [3.63, 3.8) is 0 Å². The summed E-state index contributed by atoms with van der Waals surface area (Å²) in [4.78, 5) is 4.59. The van der Waals surface area contributed by atoms with E-state index in [0.717, 1.165) is 21.9 Å². The van der Waals surface area contributed by atoms with Gasteiger partial charge in [-0.3, -0.25) is 4.55 Å². The summed E-state index contributed by atoms with van der Waals surface area (Å²) in [6.45, 7) is 0. The molecule has 1 N–H and O–H groups in total. The average molecular weight is 335 g/mol. The molecule has 0 amide bonds. The molecule has 0 aliphatic carbocycles. The van der Waals surface area contributed by atoms with E-state index in [1.807, 2.05) is 54.6 Å². The Hall–Kier alpha value is -2.76. The number of para-hydroxylation sites is 1. The summed E-state index contributed by atoms with van der Waals surface area (Å²) >= 11 is 0. The molecule has 0 aliphatic rings. The maximum atomic E-state index is 11.5. The van der Waals surface area contributed by atoms with E-state index in [0.29, 0.717) is 11.1 Å². The molecule has 4 nitrogen and oxygen atoms in total. The van der Waals surface area contributed by atoms with Crippen LogP contribution >= 0.6 is 0 Å². The first-order chi connectivity index (χ1) is 11.5. The quantitative estimate of drug-likeness (QED) is 0.438. The van der Waals surface area contributed by atoms with Crippen LogP contribution in [-0.2, 0) is 10.1 Å². The molecule has 24 heavy (non-hydrogen) atoms. The third-order valence-electron chi connectivity index (χ3n) is 4.02. The fourth-order valence-corrected chi connectivity index (χ4v) is 3.42. The van der Waals surface area contributed by atoms with E-state index in [1.54, 1.807) is 6.07 Å². The van der Waals surface area contributed by atoms with E-state index in [1.165, 1.54) is 12.1 Å². The molecular formula is C19H13NO3S. The van der Waals surface area contributed by atoms with Crippen LogP contribution in [0, 0.1) is 0 Å². The van der Waals surface area contributed by atoms with Crippen LogP contribution in [0.15, 0.2) is 77.7 Å². The van der Waals surface area contributed by atoms with Gasteiger partial charge in [0, 0.05) is 16.3 Å². The van der Waals surface area contributed by atoms with Crippen molar-refractivity contribution in [1.29, 1.82) is 0 Å². The number of aromatic nitrogens is 1. The van der Waals surface area contributed by atoms with Crippen molar-refractivity contribution >= 4 is 31.8 Å². The zero-order valence-electron chi connectivity index (χ0n) is 12.5. The highest BCUT2D eigenvalue weighted by Gasteiger charge is 2.15. The minimum Gasteiger partial charge on any atom is -0.282 e. The Labute approximate surface area is 139 Å². The number of hydrogen-bond donors (Lipinski definition) is 1. The van der Waals surface area contributed by atoms with E-state index >= 15 is 0 Å². The lowest BCUT2D eigenvalue weighted by molar-refractivity contribution is 0.483. The number of benzene rings is 3. The van der Waals surface area contributed by atoms with Crippen molar-refractivity contribution in [2.45, 2.75) is 4.90 Å². The van der Waals surface area contributed by atoms with Gasteiger partial charge in [-0.05, 0) is 23.6 Å². The van der Waals surface area contributed by atoms with E-state index in [-0.39, 0.29) is 4.90 Å². The first kappa shape index (κ1) is 14.8. The van der Waals surface area contributed by atoms with Gasteiger partial charge in [-0.25, -0.2) is 4.98 Å². The highest BCUT2D eigenvalue weighted by atomic mass is 32.2. The summed E-state index contributed by atoms with van der Waals surface area (Å²) < 4.78 is 32.4. The van der Waals surface area contributed by atoms with Crippen LogP contribution < -0.4 is 0 Å². The normalized spacial score (nSPS) is 11.9. The van der Waals surface area contributed by atoms with Gasteiger partial charge in [0.1, 0.15) is 0 Å². The van der Waals surface area contributed by atoms with E-state index in [9.17, 15) is 13.0 Å². The fourth-order valence-electron chi connectivity index (χ4n) is 2.91. The van der Waals surface area contributed by atoms with Gasteiger partial charge in [-0.15, -0.1) is 0 Å².